The Bertz CT molecular complexity index is 853. The highest BCUT2D eigenvalue weighted by atomic mass is 35.5. The van der Waals surface area contributed by atoms with Crippen molar-refractivity contribution in [3.05, 3.63) is 65.2 Å². The highest BCUT2D eigenvalue weighted by Gasteiger charge is 2.27. The summed E-state index contributed by atoms with van der Waals surface area (Å²) in [5, 5.41) is 3.23. The molecule has 0 fully saturated rings. The second-order valence-electron chi connectivity index (χ2n) is 6.30. The van der Waals surface area contributed by atoms with Crippen molar-refractivity contribution < 1.29 is 13.2 Å². The molecule has 0 radical (unpaired) electrons. The minimum Gasteiger partial charge on any atom is -0.352 e. The molecule has 0 aliphatic carbocycles. The Morgan fingerprint density at radius 3 is 2.33 bits per heavy atom. The van der Waals surface area contributed by atoms with Crippen LogP contribution in [0.4, 0.5) is 0 Å². The summed E-state index contributed by atoms with van der Waals surface area (Å²) in [5.74, 6) is -0.315. The molecule has 0 atom stereocenters. The lowest BCUT2D eigenvalue weighted by atomic mass is 10.2. The maximum absolute atomic E-state index is 13.1. The molecule has 2 aromatic carbocycles. The van der Waals surface area contributed by atoms with E-state index in [0.29, 0.717) is 5.02 Å². The largest absolute Gasteiger partial charge is 0.352 e. The van der Waals surface area contributed by atoms with E-state index in [2.05, 4.69) is 5.32 Å². The first kappa shape index (κ1) is 21.4. The number of nitrogens with zero attached hydrogens (tertiary/aromatic N) is 1. The normalized spacial score (nSPS) is 11.7. The van der Waals surface area contributed by atoms with E-state index in [1.54, 1.807) is 12.1 Å². The fourth-order valence-electron chi connectivity index (χ4n) is 2.72. The molecule has 0 saturated carbocycles. The molecule has 0 unspecified atom stereocenters. The topological polar surface area (TPSA) is 66.5 Å². The number of amides is 1. The van der Waals surface area contributed by atoms with Crippen molar-refractivity contribution in [2.24, 2.45) is 0 Å². The molecule has 2 rings (SSSR count). The number of carbonyl (C=O) groups excluding carboxylic acids is 1. The molecule has 1 amide bonds. The maximum atomic E-state index is 13.1. The van der Waals surface area contributed by atoms with Crippen LogP contribution < -0.4 is 5.32 Å². The number of sulfonamides is 1. The number of hydrogen-bond acceptors (Lipinski definition) is 3. The molecule has 7 heteroatoms. The molecule has 0 aromatic heterocycles. The molecule has 0 aliphatic heterocycles. The molecule has 27 heavy (non-hydrogen) atoms. The number of benzene rings is 2. The van der Waals surface area contributed by atoms with Gasteiger partial charge in [-0.3, -0.25) is 4.79 Å². The number of hydrogen-bond donors (Lipinski definition) is 1. The third-order valence-corrected chi connectivity index (χ3v) is 6.33. The van der Waals surface area contributed by atoms with Gasteiger partial charge in [-0.1, -0.05) is 61.8 Å². The third-order valence-electron chi connectivity index (χ3n) is 4.31. The lowest BCUT2D eigenvalue weighted by Crippen LogP contribution is -2.43. The van der Waals surface area contributed by atoms with Gasteiger partial charge in [0.15, 0.2) is 0 Å². The summed E-state index contributed by atoms with van der Waals surface area (Å²) in [6.07, 6.45) is 1.59. The van der Waals surface area contributed by atoms with E-state index < -0.39 is 10.0 Å². The lowest BCUT2D eigenvalue weighted by Gasteiger charge is -2.23. The molecule has 5 nitrogen and oxygen atoms in total. The van der Waals surface area contributed by atoms with Crippen molar-refractivity contribution in [3.63, 3.8) is 0 Å². The number of carbonyl (C=O) groups is 1. The summed E-state index contributed by atoms with van der Waals surface area (Å²) < 4.78 is 27.5. The number of halogens is 1. The summed E-state index contributed by atoms with van der Waals surface area (Å²) in [5.41, 5.74) is 0.804. The molecule has 0 saturated heterocycles. The van der Waals surface area contributed by atoms with Crippen LogP contribution in [0.5, 0.6) is 0 Å². The van der Waals surface area contributed by atoms with Crippen LogP contribution in [0.15, 0.2) is 59.5 Å². The van der Waals surface area contributed by atoms with Crippen molar-refractivity contribution in [2.75, 3.05) is 6.54 Å². The van der Waals surface area contributed by atoms with Gasteiger partial charge >= 0.3 is 0 Å². The van der Waals surface area contributed by atoms with Crippen LogP contribution in [-0.4, -0.2) is 31.2 Å². The first-order valence-electron chi connectivity index (χ1n) is 8.95. The Balaban J connectivity index is 2.30. The molecular weight excluding hydrogens is 384 g/mol. The molecule has 0 aliphatic rings. The Hall–Kier alpha value is -1.89. The Morgan fingerprint density at radius 1 is 1.07 bits per heavy atom. The molecule has 0 heterocycles. The Kier molecular flexibility index (Phi) is 7.83. The van der Waals surface area contributed by atoms with Gasteiger partial charge in [0, 0.05) is 17.6 Å². The van der Waals surface area contributed by atoms with Gasteiger partial charge in [0.1, 0.15) is 0 Å². The first-order valence-corrected chi connectivity index (χ1v) is 10.8. The van der Waals surface area contributed by atoms with Gasteiger partial charge in [0.25, 0.3) is 0 Å². The molecule has 0 bridgehead atoms. The summed E-state index contributed by atoms with van der Waals surface area (Å²) in [7, 11) is -3.88. The average molecular weight is 409 g/mol. The maximum Gasteiger partial charge on any atom is 0.243 e. The Morgan fingerprint density at radius 2 is 1.74 bits per heavy atom. The van der Waals surface area contributed by atoms with E-state index in [-0.39, 0.29) is 29.9 Å². The summed E-state index contributed by atoms with van der Waals surface area (Å²) >= 11 is 5.97. The standard InChI is InChI=1S/C20H25ClN2O3S/c1-3-18(4-2)22-20(24)15-23(14-16-9-6-5-7-10-16)27(25,26)19-12-8-11-17(21)13-19/h5-13,18H,3-4,14-15H2,1-2H3,(H,22,24). The zero-order valence-corrected chi connectivity index (χ0v) is 17.1. The van der Waals surface area contributed by atoms with Crippen LogP contribution in [0.3, 0.4) is 0 Å². The van der Waals surface area contributed by atoms with E-state index in [0.717, 1.165) is 18.4 Å². The molecule has 1 N–H and O–H groups in total. The van der Waals surface area contributed by atoms with Crippen LogP contribution in [0.2, 0.25) is 5.02 Å². The Labute approximate surface area is 166 Å². The lowest BCUT2D eigenvalue weighted by molar-refractivity contribution is -0.122. The average Bonchev–Trinajstić information content (AvgIpc) is 2.66. The van der Waals surface area contributed by atoms with Crippen molar-refractivity contribution in [2.45, 2.75) is 44.2 Å². The van der Waals surface area contributed by atoms with Crippen LogP contribution in [-0.2, 0) is 21.4 Å². The summed E-state index contributed by atoms with van der Waals surface area (Å²) in [4.78, 5) is 12.5. The quantitative estimate of drug-likeness (QED) is 0.685. The molecular formula is C20H25ClN2O3S. The smallest absolute Gasteiger partial charge is 0.243 e. The zero-order chi connectivity index (χ0) is 19.9. The van der Waals surface area contributed by atoms with Gasteiger partial charge in [-0.15, -0.1) is 0 Å². The number of nitrogens with one attached hydrogen (secondary N) is 1. The van der Waals surface area contributed by atoms with Gasteiger partial charge in [0.05, 0.1) is 11.4 Å². The van der Waals surface area contributed by atoms with E-state index in [1.165, 1.54) is 16.4 Å². The van der Waals surface area contributed by atoms with Crippen molar-refractivity contribution >= 4 is 27.5 Å². The molecule has 0 spiro atoms. The summed E-state index contributed by atoms with van der Waals surface area (Å²) in [6.45, 7) is 3.82. The first-order chi connectivity index (χ1) is 12.9. The minimum absolute atomic E-state index is 0.0324. The van der Waals surface area contributed by atoms with E-state index in [1.807, 2.05) is 44.2 Å². The van der Waals surface area contributed by atoms with Crippen molar-refractivity contribution in [1.82, 2.24) is 9.62 Å². The van der Waals surface area contributed by atoms with Gasteiger partial charge in [0.2, 0.25) is 15.9 Å². The number of rotatable bonds is 9. The van der Waals surface area contributed by atoms with Gasteiger partial charge in [-0.05, 0) is 36.6 Å². The monoisotopic (exact) mass is 408 g/mol. The minimum atomic E-state index is -3.88. The predicted molar refractivity (Wildman–Crippen MR) is 108 cm³/mol. The molecule has 146 valence electrons. The van der Waals surface area contributed by atoms with Gasteiger partial charge in [-0.2, -0.15) is 4.31 Å². The fraction of sp³-hybridized carbons (Fsp3) is 0.350. The van der Waals surface area contributed by atoms with Crippen LogP contribution in [0.25, 0.3) is 0 Å². The highest BCUT2D eigenvalue weighted by molar-refractivity contribution is 7.89. The predicted octanol–water partition coefficient (Wildman–Crippen LogP) is 3.84. The van der Waals surface area contributed by atoms with E-state index >= 15 is 0 Å². The second kappa shape index (κ2) is 9.88. The van der Waals surface area contributed by atoms with Gasteiger partial charge < -0.3 is 5.32 Å². The van der Waals surface area contributed by atoms with Crippen LogP contribution in [0, 0.1) is 0 Å². The zero-order valence-electron chi connectivity index (χ0n) is 15.6. The third kappa shape index (κ3) is 6.06. The SMILES string of the molecule is CCC(CC)NC(=O)CN(Cc1ccccc1)S(=O)(=O)c1cccc(Cl)c1. The fourth-order valence-corrected chi connectivity index (χ4v) is 4.40. The second-order valence-corrected chi connectivity index (χ2v) is 8.67. The van der Waals surface area contributed by atoms with Crippen LogP contribution >= 0.6 is 11.6 Å². The van der Waals surface area contributed by atoms with E-state index in [4.69, 9.17) is 11.6 Å². The van der Waals surface area contributed by atoms with Gasteiger partial charge in [-0.25, -0.2) is 8.42 Å². The molecule has 2 aromatic rings. The van der Waals surface area contributed by atoms with Crippen molar-refractivity contribution in [1.29, 1.82) is 0 Å². The summed E-state index contributed by atoms with van der Waals surface area (Å²) in [6, 6.07) is 15.3. The van der Waals surface area contributed by atoms with Crippen LogP contribution in [0.1, 0.15) is 32.3 Å². The van der Waals surface area contributed by atoms with E-state index in [9.17, 15) is 13.2 Å². The van der Waals surface area contributed by atoms with Crippen molar-refractivity contribution in [3.8, 4) is 0 Å². The highest BCUT2D eigenvalue weighted by Crippen LogP contribution is 2.21.